The highest BCUT2D eigenvalue weighted by molar-refractivity contribution is 4.88. The molecule has 3 heteroatoms. The van der Waals surface area contributed by atoms with Gasteiger partial charge in [-0.05, 0) is 64.0 Å². The molecule has 2 N–H and O–H groups in total. The van der Waals surface area contributed by atoms with Crippen molar-refractivity contribution in [3.63, 3.8) is 0 Å². The van der Waals surface area contributed by atoms with Crippen LogP contribution in [0.15, 0.2) is 0 Å². The number of ether oxygens (including phenoxy) is 1. The fraction of sp³-hybridized carbons (Fsp3) is 1.00. The normalized spacial score (nSPS) is 31.8. The van der Waals surface area contributed by atoms with Gasteiger partial charge < -0.3 is 15.4 Å². The first kappa shape index (κ1) is 16.3. The maximum atomic E-state index is 6.25. The Hall–Kier alpha value is -0.120. The zero-order valence-corrected chi connectivity index (χ0v) is 13.4. The summed E-state index contributed by atoms with van der Waals surface area (Å²) in [5.41, 5.74) is 6.04. The fourth-order valence-corrected chi connectivity index (χ4v) is 3.89. The third-order valence-electron chi connectivity index (χ3n) is 5.31. The van der Waals surface area contributed by atoms with E-state index < -0.39 is 0 Å². The smallest absolute Gasteiger partial charge is 0.0804 e. The lowest BCUT2D eigenvalue weighted by molar-refractivity contribution is -0.0736. The molecular formula is C17H34N2O. The molecule has 1 heterocycles. The molecule has 20 heavy (non-hydrogen) atoms. The fourth-order valence-electron chi connectivity index (χ4n) is 3.89. The quantitative estimate of drug-likeness (QED) is 0.695. The van der Waals surface area contributed by atoms with Crippen molar-refractivity contribution in [3.8, 4) is 0 Å². The summed E-state index contributed by atoms with van der Waals surface area (Å²) in [7, 11) is 0. The van der Waals surface area contributed by atoms with Crippen LogP contribution in [0.5, 0.6) is 0 Å². The third-order valence-corrected chi connectivity index (χ3v) is 5.31. The minimum Gasteiger partial charge on any atom is -0.374 e. The Bertz CT molecular complexity index is 256. The van der Waals surface area contributed by atoms with E-state index in [9.17, 15) is 0 Å². The lowest BCUT2D eigenvalue weighted by Gasteiger charge is -2.39. The molecule has 0 aromatic carbocycles. The van der Waals surface area contributed by atoms with E-state index in [1.165, 1.54) is 77.4 Å². The summed E-state index contributed by atoms with van der Waals surface area (Å²) in [6.45, 7) is 7.68. The Kier molecular flexibility index (Phi) is 6.79. The van der Waals surface area contributed by atoms with Crippen LogP contribution in [-0.4, -0.2) is 43.3 Å². The summed E-state index contributed by atoms with van der Waals surface area (Å²) in [6.07, 6.45) is 11.6. The van der Waals surface area contributed by atoms with E-state index >= 15 is 0 Å². The molecule has 1 saturated carbocycles. The predicted molar refractivity (Wildman–Crippen MR) is 84.9 cm³/mol. The first-order valence-electron chi connectivity index (χ1n) is 8.84. The number of likely N-dealkylation sites (tertiary alicyclic amines) is 1. The second kappa shape index (κ2) is 8.35. The Morgan fingerprint density at radius 1 is 1.20 bits per heavy atom. The topological polar surface area (TPSA) is 38.5 Å². The molecule has 0 radical (unpaired) electrons. The van der Waals surface area contributed by atoms with Crippen LogP contribution >= 0.6 is 0 Å². The molecule has 1 saturated heterocycles. The van der Waals surface area contributed by atoms with Crippen molar-refractivity contribution in [2.45, 2.75) is 70.3 Å². The Balaban J connectivity index is 1.64. The average molecular weight is 282 g/mol. The molecule has 0 bridgehead atoms. The van der Waals surface area contributed by atoms with Gasteiger partial charge in [-0.3, -0.25) is 0 Å². The van der Waals surface area contributed by atoms with Crippen molar-refractivity contribution >= 4 is 0 Å². The Morgan fingerprint density at radius 2 is 1.90 bits per heavy atom. The second-order valence-electron chi connectivity index (χ2n) is 6.87. The molecule has 0 aromatic heterocycles. The molecule has 2 fully saturated rings. The minimum absolute atomic E-state index is 0.00918. The van der Waals surface area contributed by atoms with Gasteiger partial charge in [-0.1, -0.05) is 19.8 Å². The van der Waals surface area contributed by atoms with E-state index in [0.717, 1.165) is 12.5 Å². The van der Waals surface area contributed by atoms with Crippen LogP contribution in [0.4, 0.5) is 0 Å². The zero-order chi connectivity index (χ0) is 14.3. The first-order chi connectivity index (χ1) is 9.78. The van der Waals surface area contributed by atoms with Crippen LogP contribution in [-0.2, 0) is 4.74 Å². The molecule has 2 aliphatic rings. The highest BCUT2D eigenvalue weighted by Gasteiger charge is 2.34. The summed E-state index contributed by atoms with van der Waals surface area (Å²) in [5.74, 6) is 0.924. The van der Waals surface area contributed by atoms with Crippen LogP contribution in [0.25, 0.3) is 0 Å². The molecular weight excluding hydrogens is 248 g/mol. The molecule has 1 aliphatic heterocycles. The van der Waals surface area contributed by atoms with E-state index in [4.69, 9.17) is 10.5 Å². The maximum Gasteiger partial charge on any atom is 0.0804 e. The number of nitrogens with two attached hydrogens (primary N) is 1. The number of hydrogen-bond donors (Lipinski definition) is 1. The van der Waals surface area contributed by atoms with Crippen molar-refractivity contribution < 1.29 is 4.74 Å². The van der Waals surface area contributed by atoms with Crippen LogP contribution < -0.4 is 5.73 Å². The van der Waals surface area contributed by atoms with Gasteiger partial charge in [0.25, 0.3) is 0 Å². The lowest BCUT2D eigenvalue weighted by Crippen LogP contribution is -2.44. The van der Waals surface area contributed by atoms with Crippen molar-refractivity contribution in [2.24, 2.45) is 11.7 Å². The van der Waals surface area contributed by atoms with Crippen LogP contribution in [0.2, 0.25) is 0 Å². The van der Waals surface area contributed by atoms with Crippen LogP contribution in [0, 0.1) is 5.92 Å². The standard InChI is InChI=1S/C17H34N2O/c1-2-6-16-7-9-17(15-18,10-8-16)20-14-5-13-19-11-3-4-12-19/h16H,2-15,18H2,1H3. The molecule has 0 spiro atoms. The summed E-state index contributed by atoms with van der Waals surface area (Å²) in [6, 6.07) is 0. The van der Waals surface area contributed by atoms with Crippen LogP contribution in [0.1, 0.15) is 64.7 Å². The summed E-state index contributed by atoms with van der Waals surface area (Å²) in [5, 5.41) is 0. The molecule has 0 unspecified atom stereocenters. The predicted octanol–water partition coefficient (Wildman–Crippen LogP) is 3.18. The van der Waals surface area contributed by atoms with Crippen LogP contribution in [0.3, 0.4) is 0 Å². The molecule has 118 valence electrons. The summed E-state index contributed by atoms with van der Waals surface area (Å²) in [4.78, 5) is 2.57. The minimum atomic E-state index is 0.00918. The summed E-state index contributed by atoms with van der Waals surface area (Å²) < 4.78 is 6.25. The third kappa shape index (κ3) is 4.71. The van der Waals surface area contributed by atoms with E-state index in [2.05, 4.69) is 11.8 Å². The molecule has 3 nitrogen and oxygen atoms in total. The van der Waals surface area contributed by atoms with E-state index in [-0.39, 0.29) is 5.60 Å². The number of nitrogens with zero attached hydrogens (tertiary/aromatic N) is 1. The van der Waals surface area contributed by atoms with Gasteiger partial charge in [0, 0.05) is 19.7 Å². The van der Waals surface area contributed by atoms with Gasteiger partial charge in [0.2, 0.25) is 0 Å². The van der Waals surface area contributed by atoms with E-state index in [1.807, 2.05) is 0 Å². The number of hydrogen-bond acceptors (Lipinski definition) is 3. The van der Waals surface area contributed by atoms with Gasteiger partial charge in [-0.25, -0.2) is 0 Å². The van der Waals surface area contributed by atoms with Crippen molar-refractivity contribution in [2.75, 3.05) is 32.8 Å². The largest absolute Gasteiger partial charge is 0.374 e. The van der Waals surface area contributed by atoms with Gasteiger partial charge in [0.1, 0.15) is 0 Å². The Labute approximate surface area is 125 Å². The Morgan fingerprint density at radius 3 is 2.50 bits per heavy atom. The SMILES string of the molecule is CCCC1CCC(CN)(OCCCN2CCCC2)CC1. The van der Waals surface area contributed by atoms with Gasteiger partial charge in [0.15, 0.2) is 0 Å². The molecule has 1 aliphatic carbocycles. The zero-order valence-electron chi connectivity index (χ0n) is 13.4. The van der Waals surface area contributed by atoms with Crippen molar-refractivity contribution in [1.82, 2.24) is 4.90 Å². The van der Waals surface area contributed by atoms with Crippen molar-refractivity contribution in [1.29, 1.82) is 0 Å². The first-order valence-corrected chi connectivity index (χ1v) is 8.84. The molecule has 0 aromatic rings. The molecule has 0 amide bonds. The highest BCUT2D eigenvalue weighted by Crippen LogP contribution is 2.36. The average Bonchev–Trinajstić information content (AvgIpc) is 2.99. The molecule has 2 rings (SSSR count). The maximum absolute atomic E-state index is 6.25. The van der Waals surface area contributed by atoms with Crippen molar-refractivity contribution in [3.05, 3.63) is 0 Å². The van der Waals surface area contributed by atoms with E-state index in [1.54, 1.807) is 0 Å². The van der Waals surface area contributed by atoms with Gasteiger partial charge >= 0.3 is 0 Å². The second-order valence-corrected chi connectivity index (χ2v) is 6.87. The van der Waals surface area contributed by atoms with E-state index in [0.29, 0.717) is 6.54 Å². The van der Waals surface area contributed by atoms with Gasteiger partial charge in [-0.2, -0.15) is 0 Å². The van der Waals surface area contributed by atoms with Gasteiger partial charge in [0.05, 0.1) is 5.60 Å². The lowest BCUT2D eigenvalue weighted by atomic mass is 9.77. The summed E-state index contributed by atoms with van der Waals surface area (Å²) >= 11 is 0. The monoisotopic (exact) mass is 282 g/mol. The van der Waals surface area contributed by atoms with Gasteiger partial charge in [-0.15, -0.1) is 0 Å². The molecule has 0 atom stereocenters. The number of rotatable bonds is 8. The highest BCUT2D eigenvalue weighted by atomic mass is 16.5.